The van der Waals surface area contributed by atoms with Crippen LogP contribution in [0.2, 0.25) is 0 Å². The highest BCUT2D eigenvalue weighted by Gasteiger charge is 2.39. The van der Waals surface area contributed by atoms with Gasteiger partial charge in [-0.3, -0.25) is 24.8 Å². The molecule has 206 valence electrons. The van der Waals surface area contributed by atoms with Crippen molar-refractivity contribution in [3.8, 4) is 5.75 Å². The SMILES string of the molecule is O=C1C(=Cc2cc(Br)c(OCc3cccc([N+](=O)[O-])c3)c(Br)c2)SC(=NC2CCCCC2)N1C1CCCCC1. The molecule has 1 aliphatic heterocycles. The Bertz CT molecular complexity index is 1280. The summed E-state index contributed by atoms with van der Waals surface area (Å²) in [6.07, 6.45) is 13.5. The molecular formula is C29H31Br2N3O4S. The smallest absolute Gasteiger partial charge is 0.269 e. The number of halogens is 2. The van der Waals surface area contributed by atoms with Gasteiger partial charge in [0.05, 0.1) is 24.8 Å². The first-order valence-corrected chi connectivity index (χ1v) is 16.0. The van der Waals surface area contributed by atoms with Crippen molar-refractivity contribution in [2.75, 3.05) is 0 Å². The topological polar surface area (TPSA) is 85.0 Å². The molecule has 5 rings (SSSR count). The molecule has 0 atom stereocenters. The molecule has 2 aliphatic carbocycles. The quantitative estimate of drug-likeness (QED) is 0.167. The van der Waals surface area contributed by atoms with Crippen molar-refractivity contribution in [3.05, 3.63) is 71.5 Å². The van der Waals surface area contributed by atoms with E-state index in [2.05, 4.69) is 31.9 Å². The Hall–Kier alpha value is -2.17. The summed E-state index contributed by atoms with van der Waals surface area (Å²) in [4.78, 5) is 32.2. The molecule has 1 amide bonds. The fourth-order valence-corrected chi connectivity index (χ4v) is 8.03. The first-order valence-electron chi connectivity index (χ1n) is 13.5. The second-order valence-electron chi connectivity index (χ2n) is 10.3. The summed E-state index contributed by atoms with van der Waals surface area (Å²) < 4.78 is 7.45. The lowest BCUT2D eigenvalue weighted by atomic mass is 9.94. The molecule has 39 heavy (non-hydrogen) atoms. The molecule has 7 nitrogen and oxygen atoms in total. The number of benzene rings is 2. The molecule has 0 aromatic heterocycles. The van der Waals surface area contributed by atoms with Gasteiger partial charge < -0.3 is 4.74 Å². The van der Waals surface area contributed by atoms with Crippen molar-refractivity contribution in [3.63, 3.8) is 0 Å². The van der Waals surface area contributed by atoms with Gasteiger partial charge in [0, 0.05) is 18.2 Å². The lowest BCUT2D eigenvalue weighted by Crippen LogP contribution is -2.41. The molecular weight excluding hydrogens is 646 g/mol. The molecule has 3 fully saturated rings. The Morgan fingerprint density at radius 3 is 2.36 bits per heavy atom. The largest absolute Gasteiger partial charge is 0.487 e. The number of rotatable bonds is 7. The van der Waals surface area contributed by atoms with E-state index in [1.807, 2.05) is 23.1 Å². The van der Waals surface area contributed by atoms with Gasteiger partial charge in [-0.05, 0) is 98.6 Å². The van der Waals surface area contributed by atoms with Crippen LogP contribution < -0.4 is 4.74 Å². The molecule has 10 heteroatoms. The van der Waals surface area contributed by atoms with Crippen LogP contribution in [0.5, 0.6) is 5.75 Å². The number of nitrogens with zero attached hydrogens (tertiary/aromatic N) is 3. The van der Waals surface area contributed by atoms with E-state index in [1.165, 1.54) is 49.6 Å². The summed E-state index contributed by atoms with van der Waals surface area (Å²) in [6, 6.07) is 10.8. The summed E-state index contributed by atoms with van der Waals surface area (Å²) >= 11 is 8.72. The van der Waals surface area contributed by atoms with Gasteiger partial charge in [-0.1, -0.05) is 50.7 Å². The van der Waals surface area contributed by atoms with Gasteiger partial charge in [-0.15, -0.1) is 0 Å². The first-order chi connectivity index (χ1) is 18.9. The third kappa shape index (κ3) is 6.95. The van der Waals surface area contributed by atoms with Crippen molar-refractivity contribution in [2.45, 2.75) is 82.9 Å². The van der Waals surface area contributed by atoms with Crippen LogP contribution in [0, 0.1) is 10.1 Å². The maximum atomic E-state index is 13.7. The van der Waals surface area contributed by atoms with E-state index < -0.39 is 4.92 Å². The molecule has 0 N–H and O–H groups in total. The summed E-state index contributed by atoms with van der Waals surface area (Å²) in [5.74, 6) is 0.650. The summed E-state index contributed by atoms with van der Waals surface area (Å²) in [5, 5.41) is 12.0. The number of non-ortho nitro benzene ring substituents is 1. The van der Waals surface area contributed by atoms with E-state index in [-0.39, 0.29) is 24.2 Å². The minimum absolute atomic E-state index is 0.0311. The molecule has 0 radical (unpaired) electrons. The second kappa shape index (κ2) is 13.0. The minimum Gasteiger partial charge on any atom is -0.487 e. The van der Waals surface area contributed by atoms with Crippen molar-refractivity contribution in [1.82, 2.24) is 4.90 Å². The Morgan fingerprint density at radius 2 is 1.69 bits per heavy atom. The number of aliphatic imine (C=N–C) groups is 1. The zero-order valence-electron chi connectivity index (χ0n) is 21.6. The molecule has 2 saturated carbocycles. The van der Waals surface area contributed by atoms with Crippen LogP contribution in [0.3, 0.4) is 0 Å². The van der Waals surface area contributed by atoms with Gasteiger partial charge in [0.15, 0.2) is 5.17 Å². The number of carbonyl (C=O) groups excluding carboxylic acids is 1. The third-order valence-electron chi connectivity index (χ3n) is 7.47. The van der Waals surface area contributed by atoms with Crippen molar-refractivity contribution in [2.24, 2.45) is 4.99 Å². The fraction of sp³-hybridized carbons (Fsp3) is 0.448. The highest BCUT2D eigenvalue weighted by Crippen LogP contribution is 2.40. The third-order valence-corrected chi connectivity index (χ3v) is 9.64. The van der Waals surface area contributed by atoms with E-state index >= 15 is 0 Å². The lowest BCUT2D eigenvalue weighted by Gasteiger charge is -2.31. The summed E-state index contributed by atoms with van der Waals surface area (Å²) in [6.45, 7) is 0.186. The zero-order valence-corrected chi connectivity index (χ0v) is 25.6. The van der Waals surface area contributed by atoms with Crippen molar-refractivity contribution < 1.29 is 14.5 Å². The molecule has 0 spiro atoms. The number of carbonyl (C=O) groups is 1. The Morgan fingerprint density at radius 1 is 1.03 bits per heavy atom. The number of nitro benzene ring substituents is 1. The standard InChI is InChI=1S/C29H31Br2N3O4S/c30-24-15-20(16-25(31)27(24)38-18-19-8-7-13-23(14-19)34(36)37)17-26-28(35)33(22-11-5-2-6-12-22)29(39-26)32-21-9-3-1-4-10-21/h7-8,13-17,21-22H,1-6,9-12,18H2. The van der Waals surface area contributed by atoms with E-state index in [0.29, 0.717) is 22.3 Å². The van der Waals surface area contributed by atoms with Crippen LogP contribution >= 0.6 is 43.6 Å². The predicted molar refractivity (Wildman–Crippen MR) is 163 cm³/mol. The molecule has 2 aromatic rings. The highest BCUT2D eigenvalue weighted by molar-refractivity contribution is 9.11. The van der Waals surface area contributed by atoms with E-state index in [1.54, 1.807) is 12.1 Å². The van der Waals surface area contributed by atoms with Gasteiger partial charge in [0.2, 0.25) is 0 Å². The monoisotopic (exact) mass is 675 g/mol. The van der Waals surface area contributed by atoms with E-state index in [0.717, 1.165) is 58.2 Å². The Balaban J connectivity index is 1.36. The molecule has 2 aromatic carbocycles. The second-order valence-corrected chi connectivity index (χ2v) is 13.0. The highest BCUT2D eigenvalue weighted by atomic mass is 79.9. The van der Waals surface area contributed by atoms with Crippen molar-refractivity contribution in [1.29, 1.82) is 0 Å². The molecule has 1 saturated heterocycles. The van der Waals surface area contributed by atoms with E-state index in [9.17, 15) is 14.9 Å². The maximum absolute atomic E-state index is 13.7. The average Bonchev–Trinajstić information content (AvgIpc) is 3.23. The van der Waals surface area contributed by atoms with Gasteiger partial charge in [-0.2, -0.15) is 0 Å². The normalized spacial score (nSPS) is 21.2. The van der Waals surface area contributed by atoms with Crippen LogP contribution in [-0.4, -0.2) is 33.0 Å². The van der Waals surface area contributed by atoms with Gasteiger partial charge in [-0.25, -0.2) is 0 Å². The molecule has 3 aliphatic rings. The Labute approximate surface area is 249 Å². The van der Waals surface area contributed by atoms with E-state index in [4.69, 9.17) is 9.73 Å². The number of ether oxygens (including phenoxy) is 1. The number of thioether (sulfide) groups is 1. The number of hydrogen-bond donors (Lipinski definition) is 0. The zero-order chi connectivity index (χ0) is 27.4. The molecule has 1 heterocycles. The van der Waals surface area contributed by atoms with Crippen LogP contribution in [0.25, 0.3) is 6.08 Å². The van der Waals surface area contributed by atoms with Gasteiger partial charge >= 0.3 is 0 Å². The predicted octanol–water partition coefficient (Wildman–Crippen LogP) is 8.64. The van der Waals surface area contributed by atoms with Gasteiger partial charge in [0.25, 0.3) is 11.6 Å². The average molecular weight is 677 g/mol. The van der Waals surface area contributed by atoms with Crippen LogP contribution in [0.15, 0.2) is 55.2 Å². The number of amidine groups is 1. The summed E-state index contributed by atoms with van der Waals surface area (Å²) in [5.41, 5.74) is 1.60. The fourth-order valence-electron chi connectivity index (χ4n) is 5.47. The first kappa shape index (κ1) is 28.4. The van der Waals surface area contributed by atoms with Crippen LogP contribution in [0.4, 0.5) is 5.69 Å². The van der Waals surface area contributed by atoms with Crippen LogP contribution in [0.1, 0.15) is 75.3 Å². The molecule has 0 unspecified atom stereocenters. The number of hydrogen-bond acceptors (Lipinski definition) is 6. The molecule has 0 bridgehead atoms. The summed E-state index contributed by atoms with van der Waals surface area (Å²) in [7, 11) is 0. The van der Waals surface area contributed by atoms with Crippen molar-refractivity contribution >= 4 is 66.5 Å². The number of amides is 1. The lowest BCUT2D eigenvalue weighted by molar-refractivity contribution is -0.384. The van der Waals surface area contributed by atoms with Crippen LogP contribution in [-0.2, 0) is 11.4 Å². The minimum atomic E-state index is -0.416. The Kier molecular flexibility index (Phi) is 9.45. The number of nitro groups is 1. The maximum Gasteiger partial charge on any atom is 0.269 e. The van der Waals surface area contributed by atoms with Gasteiger partial charge in [0.1, 0.15) is 12.4 Å².